The van der Waals surface area contributed by atoms with Crippen molar-refractivity contribution in [3.63, 3.8) is 0 Å². The van der Waals surface area contributed by atoms with Crippen LogP contribution in [0.1, 0.15) is 29.9 Å². The molecule has 1 unspecified atom stereocenters. The summed E-state index contributed by atoms with van der Waals surface area (Å²) in [6.07, 6.45) is 1.75. The molecule has 158 valence electrons. The number of carbonyl (C=O) groups excluding carboxylic acids is 1. The Morgan fingerprint density at radius 1 is 1.19 bits per heavy atom. The number of methoxy groups -OCH3 is 1. The predicted molar refractivity (Wildman–Crippen MR) is 120 cm³/mol. The van der Waals surface area contributed by atoms with Gasteiger partial charge >= 0.3 is 6.03 Å². The number of fused-ring (bicyclic) bond motifs is 1. The van der Waals surface area contributed by atoms with Crippen molar-refractivity contribution < 1.29 is 9.53 Å². The molecule has 3 heterocycles. The highest BCUT2D eigenvalue weighted by Gasteiger charge is 2.17. The predicted octanol–water partition coefficient (Wildman–Crippen LogP) is 4.36. The summed E-state index contributed by atoms with van der Waals surface area (Å²) in [6.45, 7) is 4.15. The molecule has 0 radical (unpaired) electrons. The van der Waals surface area contributed by atoms with Gasteiger partial charge in [0.2, 0.25) is 0 Å². The summed E-state index contributed by atoms with van der Waals surface area (Å²) in [5, 5.41) is 14.1. The minimum Gasteiger partial charge on any atom is -0.378 e. The summed E-state index contributed by atoms with van der Waals surface area (Å²) >= 11 is 0. The van der Waals surface area contributed by atoms with Crippen molar-refractivity contribution in [2.45, 2.75) is 26.5 Å². The van der Waals surface area contributed by atoms with Gasteiger partial charge in [-0.25, -0.2) is 9.78 Å². The van der Waals surface area contributed by atoms with Crippen LogP contribution in [0.3, 0.4) is 0 Å². The number of aromatic amines is 1. The van der Waals surface area contributed by atoms with Crippen LogP contribution in [0.5, 0.6) is 0 Å². The molecule has 3 N–H and O–H groups in total. The van der Waals surface area contributed by atoms with Gasteiger partial charge in [0, 0.05) is 30.6 Å². The maximum atomic E-state index is 12.5. The minimum atomic E-state index is -0.337. The highest BCUT2D eigenvalue weighted by molar-refractivity contribution is 5.97. The number of urea groups is 1. The minimum absolute atomic E-state index is 0.142. The molecule has 3 aromatic heterocycles. The van der Waals surface area contributed by atoms with Crippen LogP contribution in [0, 0.1) is 6.92 Å². The van der Waals surface area contributed by atoms with Crippen molar-refractivity contribution in [1.82, 2.24) is 25.5 Å². The van der Waals surface area contributed by atoms with Gasteiger partial charge < -0.3 is 10.1 Å². The van der Waals surface area contributed by atoms with Crippen molar-refractivity contribution >= 4 is 22.8 Å². The first-order valence-corrected chi connectivity index (χ1v) is 9.97. The number of nitrogens with one attached hydrogen (secondary N) is 3. The third-order valence-corrected chi connectivity index (χ3v) is 4.96. The summed E-state index contributed by atoms with van der Waals surface area (Å²) in [5.41, 5.74) is 5.08. The fraction of sp³-hybridized carbons (Fsp3) is 0.217. The number of benzene rings is 1. The van der Waals surface area contributed by atoms with Crippen LogP contribution in [-0.4, -0.2) is 33.3 Å². The van der Waals surface area contributed by atoms with Crippen LogP contribution >= 0.6 is 0 Å². The zero-order valence-corrected chi connectivity index (χ0v) is 17.6. The Morgan fingerprint density at radius 2 is 2.00 bits per heavy atom. The van der Waals surface area contributed by atoms with Gasteiger partial charge in [0.25, 0.3) is 0 Å². The maximum Gasteiger partial charge on any atom is 0.320 e. The summed E-state index contributed by atoms with van der Waals surface area (Å²) in [6, 6.07) is 14.9. The van der Waals surface area contributed by atoms with Gasteiger partial charge in [0.1, 0.15) is 11.5 Å². The molecule has 4 aromatic rings. The Kier molecular flexibility index (Phi) is 5.90. The summed E-state index contributed by atoms with van der Waals surface area (Å²) in [5.74, 6) is 0.415. The summed E-state index contributed by atoms with van der Waals surface area (Å²) in [7, 11) is 1.61. The molecule has 0 aliphatic heterocycles. The Bertz CT molecular complexity index is 1210. The van der Waals surface area contributed by atoms with Gasteiger partial charge in [-0.15, -0.1) is 0 Å². The second kappa shape index (κ2) is 8.93. The first-order valence-electron chi connectivity index (χ1n) is 9.97. The largest absolute Gasteiger partial charge is 0.378 e. The van der Waals surface area contributed by atoms with Gasteiger partial charge in [-0.2, -0.15) is 5.10 Å². The van der Waals surface area contributed by atoms with E-state index >= 15 is 0 Å². The normalized spacial score (nSPS) is 12.0. The monoisotopic (exact) mass is 416 g/mol. The maximum absolute atomic E-state index is 12.5. The summed E-state index contributed by atoms with van der Waals surface area (Å²) < 4.78 is 5.36. The van der Waals surface area contributed by atoms with Crippen molar-refractivity contribution in [2.24, 2.45) is 0 Å². The fourth-order valence-corrected chi connectivity index (χ4v) is 3.50. The second-order valence-electron chi connectivity index (χ2n) is 7.30. The lowest BCUT2D eigenvalue weighted by Gasteiger charge is -2.15. The molecule has 0 saturated heterocycles. The first-order chi connectivity index (χ1) is 15.0. The van der Waals surface area contributed by atoms with Crippen LogP contribution < -0.4 is 10.6 Å². The molecule has 1 aromatic carbocycles. The van der Waals surface area contributed by atoms with Gasteiger partial charge in [-0.1, -0.05) is 30.3 Å². The number of carbonyl (C=O) groups is 1. The molecule has 8 nitrogen and oxygen atoms in total. The number of aryl methyl sites for hydroxylation is 1. The van der Waals surface area contributed by atoms with Crippen LogP contribution in [0.15, 0.2) is 54.7 Å². The van der Waals surface area contributed by atoms with E-state index in [1.807, 2.05) is 56.3 Å². The molecule has 0 fully saturated rings. The standard InChI is InChI=1S/C23H24N6O2/c1-14-11-17(9-10-24-14)22-21-18(28-29-22)12-20(26-19(21)13-31-3)27-23(30)25-15(2)16-7-5-4-6-8-16/h4-12,15H,13H2,1-3H3,(H,28,29)(H2,25,26,27,30). The number of ether oxygens (including phenoxy) is 1. The van der Waals surface area contributed by atoms with Gasteiger partial charge in [-0.3, -0.25) is 15.4 Å². The van der Waals surface area contributed by atoms with Gasteiger partial charge in [0.15, 0.2) is 0 Å². The average Bonchev–Trinajstić information content (AvgIpc) is 3.19. The number of rotatable bonds is 6. The first kappa shape index (κ1) is 20.5. The highest BCUT2D eigenvalue weighted by atomic mass is 16.5. The van der Waals surface area contributed by atoms with Crippen LogP contribution in [0.4, 0.5) is 10.6 Å². The highest BCUT2D eigenvalue weighted by Crippen LogP contribution is 2.30. The molecule has 0 saturated carbocycles. The van der Waals surface area contributed by atoms with E-state index in [2.05, 4.69) is 30.8 Å². The molecular formula is C23H24N6O2. The van der Waals surface area contributed by atoms with Crippen molar-refractivity contribution in [1.29, 1.82) is 0 Å². The Morgan fingerprint density at radius 3 is 2.74 bits per heavy atom. The molecule has 2 amide bonds. The lowest BCUT2D eigenvalue weighted by molar-refractivity contribution is 0.183. The zero-order valence-electron chi connectivity index (χ0n) is 17.6. The van der Waals surface area contributed by atoms with E-state index in [0.717, 1.165) is 33.4 Å². The van der Waals surface area contributed by atoms with Gasteiger partial charge in [0.05, 0.1) is 29.2 Å². The van der Waals surface area contributed by atoms with E-state index < -0.39 is 0 Å². The number of pyridine rings is 2. The summed E-state index contributed by atoms with van der Waals surface area (Å²) in [4.78, 5) is 21.4. The molecule has 0 aliphatic rings. The Labute approximate surface area is 180 Å². The van der Waals surface area contributed by atoms with E-state index in [0.29, 0.717) is 11.5 Å². The number of nitrogens with zero attached hydrogens (tertiary/aromatic N) is 3. The molecule has 1 atom stereocenters. The Balaban J connectivity index is 1.61. The lowest BCUT2D eigenvalue weighted by Crippen LogP contribution is -2.31. The number of hydrogen-bond acceptors (Lipinski definition) is 5. The zero-order chi connectivity index (χ0) is 21.8. The van der Waals surface area contributed by atoms with Gasteiger partial charge in [-0.05, 0) is 31.5 Å². The van der Waals surface area contributed by atoms with Crippen molar-refractivity contribution in [3.05, 3.63) is 71.7 Å². The van der Waals surface area contributed by atoms with Crippen LogP contribution in [0.25, 0.3) is 22.2 Å². The number of anilines is 1. The van der Waals surface area contributed by atoms with E-state index in [-0.39, 0.29) is 18.7 Å². The number of hydrogen-bond donors (Lipinski definition) is 3. The van der Waals surface area contributed by atoms with E-state index in [4.69, 9.17) is 4.74 Å². The molecule has 0 aliphatic carbocycles. The van der Waals surface area contributed by atoms with E-state index in [1.54, 1.807) is 19.4 Å². The smallest absolute Gasteiger partial charge is 0.320 e. The second-order valence-corrected chi connectivity index (χ2v) is 7.30. The molecular weight excluding hydrogens is 392 g/mol. The molecule has 0 bridgehead atoms. The fourth-order valence-electron chi connectivity index (χ4n) is 3.50. The topological polar surface area (TPSA) is 105 Å². The Hall–Kier alpha value is -3.78. The van der Waals surface area contributed by atoms with Crippen LogP contribution in [0.2, 0.25) is 0 Å². The lowest BCUT2D eigenvalue weighted by atomic mass is 10.1. The quantitative estimate of drug-likeness (QED) is 0.433. The SMILES string of the molecule is COCc1nc(NC(=O)NC(C)c2ccccc2)cc2[nH]nc(-c3ccnc(C)c3)c12. The third-order valence-electron chi connectivity index (χ3n) is 4.96. The molecule has 4 rings (SSSR count). The molecule has 0 spiro atoms. The molecule has 31 heavy (non-hydrogen) atoms. The third kappa shape index (κ3) is 4.54. The van der Waals surface area contributed by atoms with Crippen LogP contribution in [-0.2, 0) is 11.3 Å². The van der Waals surface area contributed by atoms with E-state index in [1.165, 1.54) is 0 Å². The van der Waals surface area contributed by atoms with Crippen molar-refractivity contribution in [2.75, 3.05) is 12.4 Å². The molecule has 8 heteroatoms. The number of H-pyrrole nitrogens is 1. The number of aromatic nitrogens is 4. The van der Waals surface area contributed by atoms with E-state index in [9.17, 15) is 4.79 Å². The average molecular weight is 416 g/mol. The number of amides is 2. The van der Waals surface area contributed by atoms with Crippen molar-refractivity contribution in [3.8, 4) is 11.3 Å².